The minimum Gasteiger partial charge on any atom is -0.236 e. The van der Waals surface area contributed by atoms with Gasteiger partial charge < -0.3 is 0 Å². The molecule has 41 heavy (non-hydrogen) atoms. The molecule has 6 nitrogen and oxygen atoms in total. The Balaban J connectivity index is 1.45. The van der Waals surface area contributed by atoms with E-state index in [-0.39, 0.29) is 17.1 Å². The molecule has 0 N–H and O–H groups in total. The molecule has 2 heterocycles. The van der Waals surface area contributed by atoms with Crippen molar-refractivity contribution in [3.05, 3.63) is 107 Å². The lowest BCUT2D eigenvalue weighted by Crippen LogP contribution is -2.10. The van der Waals surface area contributed by atoms with Crippen molar-refractivity contribution in [1.29, 1.82) is 5.26 Å². The molecule has 9 heteroatoms. The SMILES string of the molecule is Cc1cc2c(cc1-c1ncc3ccccc3n1)/C(=N/C#N)c1cc(-c3ncc4ccccc4n3)c(C(F)(F)F)cc1-2. The number of para-hydroxylation sites is 2. The molecule has 1 aliphatic carbocycles. The van der Waals surface area contributed by atoms with Crippen molar-refractivity contribution in [2.45, 2.75) is 13.1 Å². The molecule has 6 aromatic rings. The van der Waals surface area contributed by atoms with E-state index < -0.39 is 11.7 Å². The van der Waals surface area contributed by atoms with Crippen molar-refractivity contribution < 1.29 is 13.2 Å². The van der Waals surface area contributed by atoms with Crippen molar-refractivity contribution in [2.75, 3.05) is 0 Å². The second-order valence-corrected chi connectivity index (χ2v) is 9.72. The topological polar surface area (TPSA) is 87.7 Å². The minimum atomic E-state index is -4.68. The monoisotopic (exact) mass is 542 g/mol. The summed E-state index contributed by atoms with van der Waals surface area (Å²) in [6.07, 6.45) is 0.377. The molecule has 0 aliphatic heterocycles. The van der Waals surface area contributed by atoms with E-state index in [2.05, 4.69) is 19.9 Å². The van der Waals surface area contributed by atoms with Crippen molar-refractivity contribution in [3.63, 3.8) is 0 Å². The molecule has 7 rings (SSSR count). The second-order valence-electron chi connectivity index (χ2n) is 9.72. The average Bonchev–Trinajstić information content (AvgIpc) is 3.26. The predicted molar refractivity (Wildman–Crippen MR) is 150 cm³/mol. The average molecular weight is 543 g/mol. The number of hydrogen-bond donors (Lipinski definition) is 0. The normalized spacial score (nSPS) is 13.4. The zero-order valence-corrected chi connectivity index (χ0v) is 21.4. The molecule has 0 bridgehead atoms. The fourth-order valence-corrected chi connectivity index (χ4v) is 5.32. The number of aliphatic imine (C=N–C) groups is 1. The largest absolute Gasteiger partial charge is 0.417 e. The summed E-state index contributed by atoms with van der Waals surface area (Å²) in [6, 6.07) is 20.8. The summed E-state index contributed by atoms with van der Waals surface area (Å²) in [4.78, 5) is 22.0. The molecule has 0 unspecified atom stereocenters. The minimum absolute atomic E-state index is 0.0625. The van der Waals surface area contributed by atoms with Crippen LogP contribution < -0.4 is 0 Å². The lowest BCUT2D eigenvalue weighted by atomic mass is 9.95. The van der Waals surface area contributed by atoms with E-state index in [1.165, 1.54) is 12.3 Å². The number of halogens is 3. The third-order valence-corrected chi connectivity index (χ3v) is 7.25. The van der Waals surface area contributed by atoms with Gasteiger partial charge in [-0.25, -0.2) is 19.9 Å². The van der Waals surface area contributed by atoms with Gasteiger partial charge in [0.15, 0.2) is 11.6 Å². The van der Waals surface area contributed by atoms with Gasteiger partial charge in [-0.15, -0.1) is 0 Å². The van der Waals surface area contributed by atoms with Crippen LogP contribution in [0.4, 0.5) is 13.2 Å². The summed E-state index contributed by atoms with van der Waals surface area (Å²) in [5.74, 6) is 0.407. The van der Waals surface area contributed by atoms with Gasteiger partial charge in [0.2, 0.25) is 6.19 Å². The van der Waals surface area contributed by atoms with Gasteiger partial charge in [0.05, 0.1) is 22.3 Å². The molecule has 0 fully saturated rings. The Morgan fingerprint density at radius 3 is 1.80 bits per heavy atom. The Kier molecular flexibility index (Phi) is 5.41. The lowest BCUT2D eigenvalue weighted by molar-refractivity contribution is -0.137. The molecule has 0 atom stereocenters. The first-order valence-corrected chi connectivity index (χ1v) is 12.6. The van der Waals surface area contributed by atoms with Crippen LogP contribution in [0.5, 0.6) is 0 Å². The van der Waals surface area contributed by atoms with E-state index in [0.29, 0.717) is 44.5 Å². The number of alkyl halides is 3. The number of hydrogen-bond acceptors (Lipinski definition) is 6. The standard InChI is InChI=1S/C32H17F3N6/c1-17-10-21-22-13-26(32(33,34)35)25(31-38-15-19-7-3-5-9-28(19)41-31)12-24(22)29(39-16-36)23(21)11-20(17)30-37-14-18-6-2-4-8-27(18)40-30/h2-15H,1H3/b39-29-. The van der Waals surface area contributed by atoms with Crippen molar-refractivity contribution in [1.82, 2.24) is 19.9 Å². The Hall–Kier alpha value is -5.49. The third-order valence-electron chi connectivity index (χ3n) is 7.25. The van der Waals surface area contributed by atoms with Crippen LogP contribution in [0.1, 0.15) is 22.3 Å². The van der Waals surface area contributed by atoms with Gasteiger partial charge in [-0.3, -0.25) is 0 Å². The van der Waals surface area contributed by atoms with Crippen LogP contribution in [0.2, 0.25) is 0 Å². The maximum absolute atomic E-state index is 14.5. The molecule has 0 spiro atoms. The summed E-state index contributed by atoms with van der Waals surface area (Å²) >= 11 is 0. The summed E-state index contributed by atoms with van der Waals surface area (Å²) in [6.45, 7) is 1.86. The van der Waals surface area contributed by atoms with Crippen LogP contribution in [-0.4, -0.2) is 25.6 Å². The predicted octanol–water partition coefficient (Wildman–Crippen LogP) is 7.53. The van der Waals surface area contributed by atoms with Gasteiger partial charge >= 0.3 is 6.18 Å². The highest BCUT2D eigenvalue weighted by molar-refractivity contribution is 6.25. The summed E-state index contributed by atoms with van der Waals surface area (Å²) in [5, 5.41) is 11.2. The third kappa shape index (κ3) is 4.00. The van der Waals surface area contributed by atoms with Crippen LogP contribution in [0.3, 0.4) is 0 Å². The molecule has 0 radical (unpaired) electrons. The molecule has 1 aliphatic rings. The Morgan fingerprint density at radius 2 is 1.22 bits per heavy atom. The number of nitriles is 1. The second kappa shape index (κ2) is 9.03. The van der Waals surface area contributed by atoms with E-state index in [1.54, 1.807) is 36.5 Å². The van der Waals surface area contributed by atoms with E-state index in [0.717, 1.165) is 22.5 Å². The maximum atomic E-state index is 14.5. The summed E-state index contributed by atoms with van der Waals surface area (Å²) in [7, 11) is 0. The number of fused-ring (bicyclic) bond motifs is 5. The van der Waals surface area contributed by atoms with Crippen molar-refractivity contribution >= 4 is 27.5 Å². The first kappa shape index (κ1) is 24.5. The number of aromatic nitrogens is 4. The highest BCUT2D eigenvalue weighted by Gasteiger charge is 2.38. The van der Waals surface area contributed by atoms with Crippen LogP contribution >= 0.6 is 0 Å². The lowest BCUT2D eigenvalue weighted by Gasteiger charge is -2.15. The number of benzene rings is 4. The molecule has 2 aromatic heterocycles. The van der Waals surface area contributed by atoms with Crippen LogP contribution in [0.25, 0.3) is 55.7 Å². The number of rotatable bonds is 2. The number of aryl methyl sites for hydroxylation is 1. The van der Waals surface area contributed by atoms with Crippen LogP contribution in [0.15, 0.2) is 90.2 Å². The Bertz CT molecular complexity index is 2130. The van der Waals surface area contributed by atoms with E-state index >= 15 is 0 Å². The van der Waals surface area contributed by atoms with Gasteiger partial charge in [-0.1, -0.05) is 42.5 Å². The molecule has 196 valence electrons. The van der Waals surface area contributed by atoms with Crippen molar-refractivity contribution in [2.24, 2.45) is 4.99 Å². The van der Waals surface area contributed by atoms with Gasteiger partial charge in [-0.05, 0) is 53.9 Å². The Morgan fingerprint density at radius 1 is 0.683 bits per heavy atom. The first-order valence-electron chi connectivity index (χ1n) is 12.6. The van der Waals surface area contributed by atoms with E-state index in [1.807, 2.05) is 43.4 Å². The maximum Gasteiger partial charge on any atom is 0.417 e. The Labute approximate surface area is 231 Å². The molecular formula is C32H17F3N6. The molecule has 0 amide bonds. The van der Waals surface area contributed by atoms with E-state index in [9.17, 15) is 18.4 Å². The van der Waals surface area contributed by atoms with Gasteiger partial charge in [0, 0.05) is 45.4 Å². The zero-order valence-electron chi connectivity index (χ0n) is 21.4. The molecule has 0 saturated carbocycles. The smallest absolute Gasteiger partial charge is 0.236 e. The van der Waals surface area contributed by atoms with E-state index in [4.69, 9.17) is 4.98 Å². The highest BCUT2D eigenvalue weighted by atomic mass is 19.4. The van der Waals surface area contributed by atoms with Gasteiger partial charge in [-0.2, -0.15) is 23.4 Å². The summed E-state index contributed by atoms with van der Waals surface area (Å²) in [5.41, 5.74) is 3.80. The fraction of sp³-hybridized carbons (Fsp3) is 0.0625. The quantitative estimate of drug-likeness (QED) is 0.211. The number of nitrogens with zero attached hydrogens (tertiary/aromatic N) is 6. The summed E-state index contributed by atoms with van der Waals surface area (Å²) < 4.78 is 43.4. The van der Waals surface area contributed by atoms with Crippen LogP contribution in [0, 0.1) is 18.4 Å². The highest BCUT2D eigenvalue weighted by Crippen LogP contribution is 2.46. The zero-order chi connectivity index (χ0) is 28.3. The first-order chi connectivity index (χ1) is 19.8. The van der Waals surface area contributed by atoms with Gasteiger partial charge in [0.1, 0.15) is 0 Å². The molecular weight excluding hydrogens is 525 g/mol. The van der Waals surface area contributed by atoms with Gasteiger partial charge in [0.25, 0.3) is 0 Å². The van der Waals surface area contributed by atoms with Crippen molar-refractivity contribution in [3.8, 4) is 40.1 Å². The van der Waals surface area contributed by atoms with Crippen LogP contribution in [-0.2, 0) is 6.18 Å². The molecule has 0 saturated heterocycles. The fourth-order valence-electron chi connectivity index (χ4n) is 5.32. The molecule has 4 aromatic carbocycles.